The molecular formula is C27H48P+. The molecule has 0 N–H and O–H groups in total. The van der Waals surface area contributed by atoms with Crippen molar-refractivity contribution in [3.8, 4) is 0 Å². The Balaban J connectivity index is 2.31. The molecule has 0 aliphatic carbocycles. The molecule has 0 fully saturated rings. The van der Waals surface area contributed by atoms with Gasteiger partial charge in [0.2, 0.25) is 0 Å². The lowest BCUT2D eigenvalue weighted by Crippen LogP contribution is -2.13. The Bertz CT molecular complexity index is 466. The first-order valence-corrected chi connectivity index (χ1v) is 14.8. The highest BCUT2D eigenvalue weighted by atomic mass is 31.2. The average Bonchev–Trinajstić information content (AvgIpc) is 2.74. The monoisotopic (exact) mass is 403 g/mol. The van der Waals surface area contributed by atoms with Gasteiger partial charge < -0.3 is 0 Å². The van der Waals surface area contributed by atoms with Crippen LogP contribution in [0, 0.1) is 0 Å². The maximum atomic E-state index is 3.83. The minimum absolute atomic E-state index is 0.665. The smallest absolute Gasteiger partial charge is 0.0594 e. The molecule has 0 unspecified atom stereocenters. The summed E-state index contributed by atoms with van der Waals surface area (Å²) in [5, 5.41) is 0. The Morgan fingerprint density at radius 2 is 1.11 bits per heavy atom. The molecule has 0 bridgehead atoms. The fourth-order valence-electron chi connectivity index (χ4n) is 4.28. The number of hydrogen-bond acceptors (Lipinski definition) is 0. The van der Waals surface area contributed by atoms with Crippen LogP contribution in [0.5, 0.6) is 0 Å². The molecule has 0 aliphatic rings. The van der Waals surface area contributed by atoms with Crippen molar-refractivity contribution >= 4 is 13.3 Å². The second-order valence-electron chi connectivity index (χ2n) is 8.76. The van der Waals surface area contributed by atoms with Crippen LogP contribution >= 0.6 is 7.26 Å². The van der Waals surface area contributed by atoms with E-state index in [-0.39, 0.29) is 0 Å². The van der Waals surface area contributed by atoms with Gasteiger partial charge in [-0.3, -0.25) is 0 Å². The van der Waals surface area contributed by atoms with Crippen molar-refractivity contribution in [3.63, 3.8) is 0 Å². The fourth-order valence-corrected chi connectivity index (χ4v) is 9.48. The van der Waals surface area contributed by atoms with Crippen LogP contribution in [0.25, 0.3) is 6.08 Å². The normalized spacial score (nSPS) is 11.7. The van der Waals surface area contributed by atoms with Crippen molar-refractivity contribution in [2.24, 2.45) is 0 Å². The van der Waals surface area contributed by atoms with E-state index in [1.807, 2.05) is 6.08 Å². The van der Waals surface area contributed by atoms with Gasteiger partial charge in [-0.1, -0.05) is 89.8 Å². The first-order valence-electron chi connectivity index (χ1n) is 12.3. The summed E-state index contributed by atoms with van der Waals surface area (Å²) in [5.74, 6) is 0. The van der Waals surface area contributed by atoms with Crippen LogP contribution in [0.4, 0.5) is 0 Å². The molecule has 0 aromatic heterocycles. The summed E-state index contributed by atoms with van der Waals surface area (Å²) in [6.07, 6.45) is 25.2. The van der Waals surface area contributed by atoms with Gasteiger partial charge >= 0.3 is 0 Å². The maximum absolute atomic E-state index is 3.83. The first kappa shape index (κ1) is 25.4. The van der Waals surface area contributed by atoms with E-state index in [0.29, 0.717) is 0 Å². The molecule has 1 heteroatoms. The summed E-state index contributed by atoms with van der Waals surface area (Å²) in [6.45, 7) is 11.0. The second-order valence-corrected chi connectivity index (χ2v) is 13.2. The maximum Gasteiger partial charge on any atom is 0.0594 e. The number of aryl methyl sites for hydroxylation is 1. The third-order valence-corrected chi connectivity index (χ3v) is 11.3. The van der Waals surface area contributed by atoms with Crippen molar-refractivity contribution in [2.45, 2.75) is 97.8 Å². The summed E-state index contributed by atoms with van der Waals surface area (Å²) in [5.41, 5.74) is 2.71. The zero-order valence-corrected chi connectivity index (χ0v) is 20.2. The van der Waals surface area contributed by atoms with Crippen molar-refractivity contribution in [2.75, 3.05) is 24.6 Å². The molecule has 0 saturated heterocycles. The molecule has 1 rings (SSSR count). The molecule has 1 aromatic rings. The quantitative estimate of drug-likeness (QED) is 0.169. The summed E-state index contributed by atoms with van der Waals surface area (Å²) >= 11 is 0. The van der Waals surface area contributed by atoms with E-state index < -0.39 is 7.26 Å². The van der Waals surface area contributed by atoms with Gasteiger partial charge in [-0.05, 0) is 56.1 Å². The van der Waals surface area contributed by atoms with Crippen molar-refractivity contribution in [1.29, 1.82) is 0 Å². The molecule has 28 heavy (non-hydrogen) atoms. The molecule has 0 amide bonds. The van der Waals surface area contributed by atoms with Gasteiger partial charge in [-0.15, -0.1) is 0 Å². The lowest BCUT2D eigenvalue weighted by Gasteiger charge is -2.28. The fraction of sp³-hybridized carbons (Fsp3) is 0.704. The van der Waals surface area contributed by atoms with Gasteiger partial charge in [0.15, 0.2) is 0 Å². The summed E-state index contributed by atoms with van der Waals surface area (Å²) < 4.78 is 0. The van der Waals surface area contributed by atoms with Crippen LogP contribution in [0.3, 0.4) is 0 Å². The molecule has 0 aliphatic heterocycles. The number of unbranched alkanes of at least 4 members (excludes halogenated alkanes) is 7. The van der Waals surface area contributed by atoms with Crippen LogP contribution in [0.2, 0.25) is 0 Å². The van der Waals surface area contributed by atoms with Crippen molar-refractivity contribution in [3.05, 3.63) is 42.0 Å². The topological polar surface area (TPSA) is 0 Å². The molecular weight excluding hydrogens is 355 g/mol. The largest absolute Gasteiger partial charge is 0.0985 e. The van der Waals surface area contributed by atoms with E-state index in [1.165, 1.54) is 88.2 Å². The van der Waals surface area contributed by atoms with Crippen LogP contribution in [-0.4, -0.2) is 24.6 Å². The van der Waals surface area contributed by atoms with E-state index in [0.717, 1.165) is 0 Å². The minimum atomic E-state index is -0.665. The van der Waals surface area contributed by atoms with Crippen molar-refractivity contribution < 1.29 is 0 Å². The zero-order chi connectivity index (χ0) is 20.5. The van der Waals surface area contributed by atoms with Gasteiger partial charge in [0.25, 0.3) is 0 Å². The summed E-state index contributed by atoms with van der Waals surface area (Å²) in [7, 11) is -0.665. The number of rotatable bonds is 18. The van der Waals surface area contributed by atoms with Gasteiger partial charge in [-0.2, -0.15) is 0 Å². The highest BCUT2D eigenvalue weighted by molar-refractivity contribution is 7.75. The molecule has 0 radical (unpaired) electrons. The molecule has 160 valence electrons. The predicted molar refractivity (Wildman–Crippen MR) is 134 cm³/mol. The van der Waals surface area contributed by atoms with E-state index >= 15 is 0 Å². The average molecular weight is 404 g/mol. The Morgan fingerprint density at radius 1 is 0.643 bits per heavy atom. The van der Waals surface area contributed by atoms with E-state index in [4.69, 9.17) is 0 Å². The van der Waals surface area contributed by atoms with Crippen LogP contribution in [0.1, 0.15) is 103 Å². The highest BCUT2D eigenvalue weighted by Crippen LogP contribution is 2.61. The molecule has 0 saturated carbocycles. The van der Waals surface area contributed by atoms with Gasteiger partial charge in [0.05, 0.1) is 24.6 Å². The predicted octanol–water partition coefficient (Wildman–Crippen LogP) is 9.24. The first-order chi connectivity index (χ1) is 13.7. The van der Waals surface area contributed by atoms with E-state index in [9.17, 15) is 0 Å². The van der Waals surface area contributed by atoms with Crippen LogP contribution < -0.4 is 0 Å². The van der Waals surface area contributed by atoms with Crippen molar-refractivity contribution in [1.82, 2.24) is 0 Å². The lowest BCUT2D eigenvalue weighted by molar-refractivity contribution is 0.632. The van der Waals surface area contributed by atoms with E-state index in [2.05, 4.69) is 51.6 Å². The second kappa shape index (κ2) is 16.2. The molecule has 0 atom stereocenters. The SMILES string of the molecule is C=Cc1ccc(CCCCCCC[P+](CCCC)(CCCC)CCCC)cc1. The van der Waals surface area contributed by atoms with Crippen LogP contribution in [0.15, 0.2) is 30.8 Å². The minimum Gasteiger partial charge on any atom is -0.0985 e. The van der Waals surface area contributed by atoms with Gasteiger partial charge in [0.1, 0.15) is 0 Å². The Labute approximate surface area is 177 Å². The number of hydrogen-bond donors (Lipinski definition) is 0. The molecule has 0 heterocycles. The van der Waals surface area contributed by atoms with Crippen LogP contribution in [-0.2, 0) is 6.42 Å². The third-order valence-electron chi connectivity index (χ3n) is 6.27. The Hall–Kier alpha value is -0.610. The van der Waals surface area contributed by atoms with Gasteiger partial charge in [-0.25, -0.2) is 0 Å². The molecule has 1 aromatic carbocycles. The standard InChI is InChI=1S/C27H48P/c1-5-9-22-28(23-10-6-2,24-11-7-3)25-16-14-12-13-15-17-27-20-18-26(8-4)19-21-27/h8,18-21H,4-7,9-17,22-25H2,1-3H3/q+1. The third kappa shape index (κ3) is 10.8. The molecule has 0 spiro atoms. The molecule has 0 nitrogen and oxygen atoms in total. The number of benzene rings is 1. The summed E-state index contributed by atoms with van der Waals surface area (Å²) in [4.78, 5) is 0. The highest BCUT2D eigenvalue weighted by Gasteiger charge is 2.34. The van der Waals surface area contributed by atoms with Gasteiger partial charge in [0, 0.05) is 7.26 Å². The lowest BCUT2D eigenvalue weighted by atomic mass is 10.0. The zero-order valence-electron chi connectivity index (χ0n) is 19.4. The summed E-state index contributed by atoms with van der Waals surface area (Å²) in [6, 6.07) is 8.92. The Morgan fingerprint density at radius 3 is 1.61 bits per heavy atom. The van der Waals surface area contributed by atoms with E-state index in [1.54, 1.807) is 24.6 Å². The Kier molecular flexibility index (Phi) is 14.7.